The number of nitrogens with zero attached hydrogens (tertiary/aromatic N) is 2. The van der Waals surface area contributed by atoms with Crippen molar-refractivity contribution >= 4 is 16.9 Å². The number of aromatic amines is 1. The maximum absolute atomic E-state index is 13.3. The van der Waals surface area contributed by atoms with Crippen LogP contribution >= 0.6 is 0 Å². The van der Waals surface area contributed by atoms with Gasteiger partial charge in [0.15, 0.2) is 0 Å². The smallest absolute Gasteiger partial charge is 0.220 e. The van der Waals surface area contributed by atoms with Gasteiger partial charge < -0.3 is 15.4 Å². The first-order valence-corrected chi connectivity index (χ1v) is 9.11. The van der Waals surface area contributed by atoms with Crippen LogP contribution in [0.25, 0.3) is 11.0 Å². The number of pyridine rings is 1. The van der Waals surface area contributed by atoms with Crippen molar-refractivity contribution < 1.29 is 14.3 Å². The van der Waals surface area contributed by atoms with Gasteiger partial charge in [-0.1, -0.05) is 6.07 Å². The lowest BCUT2D eigenvalue weighted by molar-refractivity contribution is -0.123. The summed E-state index contributed by atoms with van der Waals surface area (Å²) in [5.74, 6) is 0.419. The minimum atomic E-state index is -0.323. The molecule has 1 atom stereocenters. The highest BCUT2D eigenvalue weighted by molar-refractivity contribution is 5.77. The summed E-state index contributed by atoms with van der Waals surface area (Å²) < 4.78 is 13.3. The van der Waals surface area contributed by atoms with E-state index in [0.29, 0.717) is 36.1 Å². The molecule has 140 valence electrons. The number of aliphatic hydroxyl groups excluding tert-OH is 1. The molecule has 0 radical (unpaired) electrons. The summed E-state index contributed by atoms with van der Waals surface area (Å²) in [6.07, 6.45) is 3.43. The van der Waals surface area contributed by atoms with Crippen LogP contribution in [0.4, 0.5) is 4.39 Å². The lowest BCUT2D eigenvalue weighted by Gasteiger charge is -2.37. The van der Waals surface area contributed by atoms with Crippen LogP contribution in [-0.2, 0) is 11.2 Å². The average Bonchev–Trinajstić information content (AvgIpc) is 3.05. The number of fused-ring (bicyclic) bond motifs is 1. The molecule has 0 unspecified atom stereocenters. The van der Waals surface area contributed by atoms with Crippen molar-refractivity contribution in [1.29, 1.82) is 0 Å². The zero-order valence-electron chi connectivity index (χ0n) is 14.7. The Kier molecular flexibility index (Phi) is 4.85. The first kappa shape index (κ1) is 17.6. The number of aromatic nitrogens is 3. The van der Waals surface area contributed by atoms with Crippen molar-refractivity contribution in [3.05, 3.63) is 59.9 Å². The number of imidazole rings is 1. The fourth-order valence-electron chi connectivity index (χ4n) is 3.53. The lowest BCUT2D eigenvalue weighted by atomic mass is 9.76. The summed E-state index contributed by atoms with van der Waals surface area (Å²) in [7, 11) is 0. The van der Waals surface area contributed by atoms with Crippen LogP contribution in [0.15, 0.2) is 42.6 Å². The standard InChI is InChI=1S/C20H21FN4O2/c21-13-4-5-15-17(11-13)24-18(23-15)6-7-19(27)25-20(12-9-14(26)10-12)16-3-1-2-8-22-16/h1-5,8,11-12,14,20,26H,6-7,9-10H2,(H,23,24)(H,25,27)/t12?,14?,20-/m1/s1. The summed E-state index contributed by atoms with van der Waals surface area (Å²) >= 11 is 0. The number of halogens is 1. The van der Waals surface area contributed by atoms with Crippen molar-refractivity contribution in [2.45, 2.75) is 37.8 Å². The number of aliphatic hydroxyl groups is 1. The van der Waals surface area contributed by atoms with Gasteiger partial charge in [0.05, 0.1) is 28.9 Å². The number of hydrogen-bond acceptors (Lipinski definition) is 4. The largest absolute Gasteiger partial charge is 0.393 e. The second-order valence-corrected chi connectivity index (χ2v) is 7.03. The van der Waals surface area contributed by atoms with Crippen LogP contribution in [0.3, 0.4) is 0 Å². The van der Waals surface area contributed by atoms with E-state index in [9.17, 15) is 14.3 Å². The third-order valence-corrected chi connectivity index (χ3v) is 5.03. The van der Waals surface area contributed by atoms with Crippen LogP contribution in [0.5, 0.6) is 0 Å². The van der Waals surface area contributed by atoms with Crippen molar-refractivity contribution in [3.63, 3.8) is 0 Å². The van der Waals surface area contributed by atoms with Crippen molar-refractivity contribution in [3.8, 4) is 0 Å². The third kappa shape index (κ3) is 3.98. The SMILES string of the molecule is O=C(CCc1nc2ccc(F)cc2[nH]1)N[C@@H](c1ccccn1)C1CC(O)C1. The Bertz CT molecular complexity index is 938. The van der Waals surface area contributed by atoms with Gasteiger partial charge in [0, 0.05) is 19.0 Å². The Balaban J connectivity index is 1.40. The normalized spacial score (nSPS) is 20.2. The summed E-state index contributed by atoms with van der Waals surface area (Å²) in [5.41, 5.74) is 2.11. The summed E-state index contributed by atoms with van der Waals surface area (Å²) in [6, 6.07) is 9.79. The number of aryl methyl sites for hydroxylation is 1. The predicted octanol–water partition coefficient (Wildman–Crippen LogP) is 2.66. The Morgan fingerprint density at radius 3 is 2.93 bits per heavy atom. The second-order valence-electron chi connectivity index (χ2n) is 7.03. The number of carbonyl (C=O) groups excluding carboxylic acids is 1. The number of benzene rings is 1. The molecule has 4 rings (SSSR count). The Labute approximate surface area is 155 Å². The summed E-state index contributed by atoms with van der Waals surface area (Å²) in [5, 5.41) is 12.7. The maximum atomic E-state index is 13.3. The molecule has 2 heterocycles. The van der Waals surface area contributed by atoms with E-state index in [1.54, 1.807) is 12.3 Å². The molecule has 1 fully saturated rings. The van der Waals surface area contributed by atoms with Gasteiger partial charge in [0.25, 0.3) is 0 Å². The monoisotopic (exact) mass is 368 g/mol. The van der Waals surface area contributed by atoms with E-state index < -0.39 is 0 Å². The first-order chi connectivity index (χ1) is 13.1. The number of carbonyl (C=O) groups is 1. The summed E-state index contributed by atoms with van der Waals surface area (Å²) in [4.78, 5) is 24.3. The van der Waals surface area contributed by atoms with Crippen LogP contribution in [0.2, 0.25) is 0 Å². The van der Waals surface area contributed by atoms with Crippen LogP contribution in [0.1, 0.15) is 36.8 Å². The fourth-order valence-corrected chi connectivity index (χ4v) is 3.53. The van der Waals surface area contributed by atoms with E-state index in [0.717, 1.165) is 5.69 Å². The van der Waals surface area contributed by atoms with E-state index in [4.69, 9.17) is 0 Å². The third-order valence-electron chi connectivity index (χ3n) is 5.03. The minimum absolute atomic E-state index is 0.0984. The van der Waals surface area contributed by atoms with Crippen LogP contribution < -0.4 is 5.32 Å². The highest BCUT2D eigenvalue weighted by Gasteiger charge is 2.36. The van der Waals surface area contributed by atoms with Crippen LogP contribution in [-0.4, -0.2) is 32.1 Å². The Morgan fingerprint density at radius 1 is 1.33 bits per heavy atom. The molecule has 1 aromatic carbocycles. The van der Waals surface area contributed by atoms with Gasteiger partial charge in [0.1, 0.15) is 11.6 Å². The number of nitrogens with one attached hydrogen (secondary N) is 2. The van der Waals surface area contributed by atoms with Crippen molar-refractivity contribution in [1.82, 2.24) is 20.3 Å². The molecule has 1 amide bonds. The van der Waals surface area contributed by atoms with E-state index >= 15 is 0 Å². The zero-order chi connectivity index (χ0) is 18.8. The van der Waals surface area contributed by atoms with Gasteiger partial charge in [-0.05, 0) is 49.1 Å². The highest BCUT2D eigenvalue weighted by Crippen LogP contribution is 2.37. The molecule has 7 heteroatoms. The minimum Gasteiger partial charge on any atom is -0.393 e. The molecule has 1 aliphatic carbocycles. The molecule has 6 nitrogen and oxygen atoms in total. The Hall–Kier alpha value is -2.80. The maximum Gasteiger partial charge on any atom is 0.220 e. The van der Waals surface area contributed by atoms with Gasteiger partial charge in [0.2, 0.25) is 5.91 Å². The molecule has 0 bridgehead atoms. The molecule has 3 aromatic rings. The number of H-pyrrole nitrogens is 1. The van der Waals surface area contributed by atoms with Crippen molar-refractivity contribution in [2.24, 2.45) is 5.92 Å². The number of amides is 1. The molecular formula is C20H21FN4O2. The summed E-state index contributed by atoms with van der Waals surface area (Å²) in [6.45, 7) is 0. The van der Waals surface area contributed by atoms with Crippen molar-refractivity contribution in [2.75, 3.05) is 0 Å². The van der Waals surface area contributed by atoms with Gasteiger partial charge in [-0.25, -0.2) is 9.37 Å². The molecule has 1 saturated carbocycles. The number of rotatable bonds is 6. The topological polar surface area (TPSA) is 90.9 Å². The molecule has 0 spiro atoms. The second kappa shape index (κ2) is 7.44. The molecule has 0 aliphatic heterocycles. The fraction of sp³-hybridized carbons (Fsp3) is 0.350. The number of hydrogen-bond donors (Lipinski definition) is 3. The Morgan fingerprint density at radius 2 is 2.19 bits per heavy atom. The van der Waals surface area contributed by atoms with Gasteiger partial charge in [-0.2, -0.15) is 0 Å². The lowest BCUT2D eigenvalue weighted by Crippen LogP contribution is -2.41. The highest BCUT2D eigenvalue weighted by atomic mass is 19.1. The van der Waals surface area contributed by atoms with E-state index in [1.165, 1.54) is 12.1 Å². The quantitative estimate of drug-likeness (QED) is 0.624. The van der Waals surface area contributed by atoms with Gasteiger partial charge in [-0.3, -0.25) is 9.78 Å². The molecule has 0 saturated heterocycles. The predicted molar refractivity (Wildman–Crippen MR) is 98.2 cm³/mol. The molecule has 3 N–H and O–H groups in total. The zero-order valence-corrected chi connectivity index (χ0v) is 14.7. The molecule has 27 heavy (non-hydrogen) atoms. The van der Waals surface area contributed by atoms with Gasteiger partial charge in [-0.15, -0.1) is 0 Å². The molecular weight excluding hydrogens is 347 g/mol. The molecule has 2 aromatic heterocycles. The van der Waals surface area contributed by atoms with E-state index in [2.05, 4.69) is 20.3 Å². The average molecular weight is 368 g/mol. The van der Waals surface area contributed by atoms with Gasteiger partial charge >= 0.3 is 0 Å². The first-order valence-electron chi connectivity index (χ1n) is 9.11. The van der Waals surface area contributed by atoms with E-state index in [1.807, 2.05) is 18.2 Å². The molecule has 1 aliphatic rings. The van der Waals surface area contributed by atoms with E-state index in [-0.39, 0.29) is 36.2 Å². The van der Waals surface area contributed by atoms with Crippen LogP contribution in [0, 0.1) is 11.7 Å².